The molecule has 0 atom stereocenters. The first-order chi connectivity index (χ1) is 8.28. The lowest BCUT2D eigenvalue weighted by molar-refractivity contribution is 0.333. The van der Waals surface area contributed by atoms with Gasteiger partial charge >= 0.3 is 0 Å². The Kier molecular flexibility index (Phi) is 3.61. The summed E-state index contributed by atoms with van der Waals surface area (Å²) in [6, 6.07) is 10.2. The van der Waals surface area contributed by atoms with Gasteiger partial charge in [-0.15, -0.1) is 0 Å². The quantitative estimate of drug-likeness (QED) is 0.736. The standard InChI is InChI=1S/C16H16O/c1-3-14-11-13(2)17-16(12-14)10-9-15-7-5-4-6-8-15/h4-12H,2-3H2,1H3/b10-9+. The van der Waals surface area contributed by atoms with E-state index in [1.807, 2.05) is 42.5 Å². The van der Waals surface area contributed by atoms with E-state index in [-0.39, 0.29) is 0 Å². The summed E-state index contributed by atoms with van der Waals surface area (Å²) in [5.74, 6) is 1.55. The van der Waals surface area contributed by atoms with Crippen LogP contribution in [0.5, 0.6) is 0 Å². The minimum Gasteiger partial charge on any atom is -0.458 e. The van der Waals surface area contributed by atoms with Crippen LogP contribution in [0.4, 0.5) is 0 Å². The fourth-order valence-electron chi connectivity index (χ4n) is 1.67. The van der Waals surface area contributed by atoms with Crippen molar-refractivity contribution in [1.82, 2.24) is 0 Å². The van der Waals surface area contributed by atoms with Crippen molar-refractivity contribution in [2.45, 2.75) is 13.3 Å². The second-order valence-electron chi connectivity index (χ2n) is 3.93. The van der Waals surface area contributed by atoms with Gasteiger partial charge < -0.3 is 4.74 Å². The van der Waals surface area contributed by atoms with Crippen LogP contribution in [0.15, 0.2) is 72.2 Å². The summed E-state index contributed by atoms with van der Waals surface area (Å²) >= 11 is 0. The second kappa shape index (κ2) is 5.35. The lowest BCUT2D eigenvalue weighted by Gasteiger charge is -2.13. The summed E-state index contributed by atoms with van der Waals surface area (Å²) in [6.07, 6.45) is 9.03. The molecule has 1 aromatic carbocycles. The van der Waals surface area contributed by atoms with Crippen LogP contribution in [-0.4, -0.2) is 0 Å². The number of rotatable bonds is 3. The first-order valence-corrected chi connectivity index (χ1v) is 5.80. The molecule has 0 fully saturated rings. The zero-order chi connectivity index (χ0) is 12.1. The van der Waals surface area contributed by atoms with E-state index >= 15 is 0 Å². The number of hydrogen-bond donors (Lipinski definition) is 0. The van der Waals surface area contributed by atoms with E-state index in [2.05, 4.69) is 25.6 Å². The highest BCUT2D eigenvalue weighted by Gasteiger charge is 2.05. The SMILES string of the molecule is C=C1C=C(CC)C=C(/C=C/c2ccccc2)O1. The molecule has 86 valence electrons. The van der Waals surface area contributed by atoms with Gasteiger partial charge in [-0.2, -0.15) is 0 Å². The normalized spacial score (nSPS) is 15.5. The Balaban J connectivity index is 2.14. The molecule has 0 radical (unpaired) electrons. The van der Waals surface area contributed by atoms with Crippen molar-refractivity contribution in [2.24, 2.45) is 0 Å². The van der Waals surface area contributed by atoms with E-state index in [0.717, 1.165) is 17.7 Å². The molecule has 1 aliphatic heterocycles. The topological polar surface area (TPSA) is 9.23 Å². The minimum absolute atomic E-state index is 0.706. The fraction of sp³-hybridized carbons (Fsp3) is 0.125. The van der Waals surface area contributed by atoms with Gasteiger partial charge in [0.15, 0.2) is 0 Å². The van der Waals surface area contributed by atoms with Gasteiger partial charge in [0.05, 0.1) is 0 Å². The Morgan fingerprint density at radius 1 is 1.12 bits per heavy atom. The van der Waals surface area contributed by atoms with E-state index < -0.39 is 0 Å². The Morgan fingerprint density at radius 2 is 1.88 bits per heavy atom. The van der Waals surface area contributed by atoms with Crippen molar-refractivity contribution in [3.63, 3.8) is 0 Å². The van der Waals surface area contributed by atoms with Crippen molar-refractivity contribution < 1.29 is 4.74 Å². The molecule has 0 aromatic heterocycles. The molecule has 1 aromatic rings. The highest BCUT2D eigenvalue weighted by molar-refractivity contribution is 5.53. The zero-order valence-corrected chi connectivity index (χ0v) is 10.0. The highest BCUT2D eigenvalue weighted by atomic mass is 16.5. The smallest absolute Gasteiger partial charge is 0.127 e. The van der Waals surface area contributed by atoms with Gasteiger partial charge in [-0.3, -0.25) is 0 Å². The van der Waals surface area contributed by atoms with Gasteiger partial charge in [0.2, 0.25) is 0 Å². The predicted octanol–water partition coefficient (Wildman–Crippen LogP) is 4.46. The van der Waals surface area contributed by atoms with Crippen molar-refractivity contribution in [3.05, 3.63) is 77.8 Å². The van der Waals surface area contributed by atoms with Gasteiger partial charge in [0.1, 0.15) is 11.5 Å². The van der Waals surface area contributed by atoms with Crippen LogP contribution < -0.4 is 0 Å². The molecule has 0 spiro atoms. The van der Waals surface area contributed by atoms with Crippen LogP contribution >= 0.6 is 0 Å². The van der Waals surface area contributed by atoms with Crippen LogP contribution in [0.25, 0.3) is 6.08 Å². The summed E-state index contributed by atoms with van der Waals surface area (Å²) < 4.78 is 5.54. The van der Waals surface area contributed by atoms with Crippen LogP contribution in [0.3, 0.4) is 0 Å². The number of ether oxygens (including phenoxy) is 1. The number of allylic oxidation sites excluding steroid dienone is 4. The zero-order valence-electron chi connectivity index (χ0n) is 10.0. The summed E-state index contributed by atoms with van der Waals surface area (Å²) in [4.78, 5) is 0. The van der Waals surface area contributed by atoms with E-state index in [0.29, 0.717) is 5.76 Å². The first-order valence-electron chi connectivity index (χ1n) is 5.80. The average molecular weight is 224 g/mol. The van der Waals surface area contributed by atoms with Gasteiger partial charge in [0.25, 0.3) is 0 Å². The first kappa shape index (κ1) is 11.5. The monoisotopic (exact) mass is 224 g/mol. The second-order valence-corrected chi connectivity index (χ2v) is 3.93. The number of benzene rings is 1. The summed E-state index contributed by atoms with van der Waals surface area (Å²) in [6.45, 7) is 5.97. The third-order valence-electron chi connectivity index (χ3n) is 2.57. The van der Waals surface area contributed by atoms with Crippen LogP contribution in [0.2, 0.25) is 0 Å². The van der Waals surface area contributed by atoms with Gasteiger partial charge in [-0.05, 0) is 35.8 Å². The van der Waals surface area contributed by atoms with E-state index in [9.17, 15) is 0 Å². The molecule has 2 rings (SSSR count). The summed E-state index contributed by atoms with van der Waals surface area (Å²) in [7, 11) is 0. The molecule has 0 saturated heterocycles. The molecule has 17 heavy (non-hydrogen) atoms. The molecule has 0 saturated carbocycles. The van der Waals surface area contributed by atoms with Gasteiger partial charge in [-0.1, -0.05) is 49.9 Å². The Bertz CT molecular complexity index is 490. The average Bonchev–Trinajstić information content (AvgIpc) is 2.37. The lowest BCUT2D eigenvalue weighted by Crippen LogP contribution is -1.95. The maximum atomic E-state index is 5.54. The summed E-state index contributed by atoms with van der Waals surface area (Å²) in [5.41, 5.74) is 2.41. The number of hydrogen-bond acceptors (Lipinski definition) is 1. The Hall–Kier alpha value is -2.02. The van der Waals surface area contributed by atoms with Crippen LogP contribution in [0, 0.1) is 0 Å². The van der Waals surface area contributed by atoms with Crippen molar-refractivity contribution >= 4 is 6.08 Å². The fourth-order valence-corrected chi connectivity index (χ4v) is 1.67. The predicted molar refractivity (Wildman–Crippen MR) is 72.2 cm³/mol. The highest BCUT2D eigenvalue weighted by Crippen LogP contribution is 2.21. The van der Waals surface area contributed by atoms with Crippen molar-refractivity contribution in [3.8, 4) is 0 Å². The molecule has 1 heterocycles. The van der Waals surface area contributed by atoms with E-state index in [1.54, 1.807) is 0 Å². The molecule has 1 nitrogen and oxygen atoms in total. The van der Waals surface area contributed by atoms with Gasteiger partial charge in [-0.25, -0.2) is 0 Å². The molecule has 0 aliphatic carbocycles. The maximum Gasteiger partial charge on any atom is 0.127 e. The lowest BCUT2D eigenvalue weighted by atomic mass is 10.1. The van der Waals surface area contributed by atoms with E-state index in [4.69, 9.17) is 4.74 Å². The summed E-state index contributed by atoms with van der Waals surface area (Å²) in [5, 5.41) is 0. The minimum atomic E-state index is 0.706. The third-order valence-corrected chi connectivity index (χ3v) is 2.57. The molecular formula is C16H16O. The molecule has 0 N–H and O–H groups in total. The molecule has 0 unspecified atom stereocenters. The van der Waals surface area contributed by atoms with Crippen LogP contribution in [0.1, 0.15) is 18.9 Å². The molecule has 1 aliphatic rings. The largest absolute Gasteiger partial charge is 0.458 e. The maximum absolute atomic E-state index is 5.54. The molecule has 0 bridgehead atoms. The van der Waals surface area contributed by atoms with Crippen molar-refractivity contribution in [1.29, 1.82) is 0 Å². The van der Waals surface area contributed by atoms with Gasteiger partial charge in [0, 0.05) is 0 Å². The van der Waals surface area contributed by atoms with Crippen molar-refractivity contribution in [2.75, 3.05) is 0 Å². The molecule has 1 heteroatoms. The molecular weight excluding hydrogens is 208 g/mol. The Labute approximate surface area is 102 Å². The van der Waals surface area contributed by atoms with Crippen LogP contribution in [-0.2, 0) is 4.74 Å². The van der Waals surface area contributed by atoms with E-state index in [1.165, 1.54) is 5.57 Å². The Morgan fingerprint density at radius 3 is 2.59 bits per heavy atom. The molecule has 0 amide bonds. The third kappa shape index (κ3) is 3.22.